The molecule has 1 N–H and O–H groups in total. The zero-order valence-electron chi connectivity index (χ0n) is 12.8. The van der Waals surface area contributed by atoms with Crippen LogP contribution in [0.1, 0.15) is 57.7 Å². The van der Waals surface area contributed by atoms with Gasteiger partial charge in [0.2, 0.25) is 0 Å². The van der Waals surface area contributed by atoms with Crippen molar-refractivity contribution >= 4 is 11.6 Å². The molecule has 0 bridgehead atoms. The average molecular weight is 300 g/mol. The van der Waals surface area contributed by atoms with E-state index in [1.165, 1.54) is 19.3 Å². The Balaban J connectivity index is 2.38. The molecule has 0 aliphatic heterocycles. The van der Waals surface area contributed by atoms with Crippen LogP contribution in [0.25, 0.3) is 0 Å². The number of hydrogen-bond donors (Lipinski definition) is 1. The molecule has 20 heavy (non-hydrogen) atoms. The predicted molar refractivity (Wildman–Crippen MR) is 82.1 cm³/mol. The van der Waals surface area contributed by atoms with Gasteiger partial charge in [0.05, 0.1) is 28.6 Å². The van der Waals surface area contributed by atoms with Gasteiger partial charge in [-0.3, -0.25) is 4.68 Å². The first-order valence-corrected chi connectivity index (χ1v) is 8.07. The van der Waals surface area contributed by atoms with E-state index in [1.54, 1.807) is 6.20 Å². The van der Waals surface area contributed by atoms with Crippen molar-refractivity contribution in [2.45, 2.75) is 57.6 Å². The highest BCUT2D eigenvalue weighted by molar-refractivity contribution is 6.31. The molecule has 0 aromatic carbocycles. The number of nitrogens with one attached hydrogen (secondary N) is 1. The van der Waals surface area contributed by atoms with Gasteiger partial charge >= 0.3 is 0 Å². The highest BCUT2D eigenvalue weighted by Gasteiger charge is 2.43. The fourth-order valence-corrected chi connectivity index (χ4v) is 3.71. The third-order valence-corrected chi connectivity index (χ3v) is 4.57. The van der Waals surface area contributed by atoms with Crippen molar-refractivity contribution in [3.63, 3.8) is 0 Å². The summed E-state index contributed by atoms with van der Waals surface area (Å²) in [7, 11) is 1.95. The molecule has 1 aromatic heterocycles. The van der Waals surface area contributed by atoms with Crippen molar-refractivity contribution in [3.05, 3.63) is 16.9 Å². The normalized spacial score (nSPS) is 20.0. The Morgan fingerprint density at radius 1 is 1.40 bits per heavy atom. The summed E-state index contributed by atoms with van der Waals surface area (Å²) in [4.78, 5) is 0. The summed E-state index contributed by atoms with van der Waals surface area (Å²) in [5.41, 5.74) is 0.893. The van der Waals surface area contributed by atoms with Gasteiger partial charge in [-0.25, -0.2) is 0 Å². The maximum absolute atomic E-state index is 6.38. The molecule has 1 aliphatic rings. The Morgan fingerprint density at radius 2 is 2.10 bits per heavy atom. The van der Waals surface area contributed by atoms with Crippen LogP contribution in [0.2, 0.25) is 5.02 Å². The van der Waals surface area contributed by atoms with Gasteiger partial charge in [-0.1, -0.05) is 37.8 Å². The lowest BCUT2D eigenvalue weighted by Gasteiger charge is -2.43. The first kappa shape index (κ1) is 15.8. The number of likely N-dealkylation sites (N-methyl/N-ethyl adjacent to an activating group) is 1. The van der Waals surface area contributed by atoms with Crippen LogP contribution in [0.5, 0.6) is 0 Å². The van der Waals surface area contributed by atoms with Crippen LogP contribution in [-0.2, 0) is 11.8 Å². The molecular formula is C15H26ClN3O. The molecule has 1 saturated carbocycles. The number of halogens is 1. The van der Waals surface area contributed by atoms with Gasteiger partial charge in [0.25, 0.3) is 0 Å². The van der Waals surface area contributed by atoms with Crippen molar-refractivity contribution in [3.8, 4) is 0 Å². The molecule has 1 heterocycles. The highest BCUT2D eigenvalue weighted by Crippen LogP contribution is 2.43. The van der Waals surface area contributed by atoms with E-state index in [1.807, 2.05) is 11.7 Å². The molecule has 1 aromatic rings. The number of hydrogen-bond acceptors (Lipinski definition) is 3. The Labute approximate surface area is 126 Å². The van der Waals surface area contributed by atoms with Gasteiger partial charge in [0.15, 0.2) is 0 Å². The summed E-state index contributed by atoms with van der Waals surface area (Å²) in [6.07, 6.45) is 7.63. The van der Waals surface area contributed by atoms with Gasteiger partial charge < -0.3 is 10.1 Å². The van der Waals surface area contributed by atoms with Crippen LogP contribution < -0.4 is 5.32 Å². The number of aryl methyl sites for hydroxylation is 1. The SMILES string of the molecule is CCNC(c1c(Cl)cnn1C)C1(OCC)CCCCC1. The fourth-order valence-electron chi connectivity index (χ4n) is 3.43. The summed E-state index contributed by atoms with van der Waals surface area (Å²) < 4.78 is 8.14. The van der Waals surface area contributed by atoms with Crippen molar-refractivity contribution in [2.24, 2.45) is 7.05 Å². The number of nitrogens with zero attached hydrogens (tertiary/aromatic N) is 2. The maximum atomic E-state index is 6.38. The second kappa shape index (κ2) is 6.92. The Hall–Kier alpha value is -0.580. The van der Waals surface area contributed by atoms with E-state index in [9.17, 15) is 0 Å². The molecule has 0 saturated heterocycles. The van der Waals surface area contributed by atoms with E-state index in [-0.39, 0.29) is 11.6 Å². The van der Waals surface area contributed by atoms with Gasteiger partial charge in [0.1, 0.15) is 0 Å². The number of ether oxygens (including phenoxy) is 1. The Kier molecular flexibility index (Phi) is 5.47. The van der Waals surface area contributed by atoms with E-state index in [0.29, 0.717) is 0 Å². The monoisotopic (exact) mass is 299 g/mol. The van der Waals surface area contributed by atoms with E-state index < -0.39 is 0 Å². The predicted octanol–water partition coefficient (Wildman–Crippen LogP) is 3.46. The lowest BCUT2D eigenvalue weighted by atomic mass is 9.77. The molecule has 0 radical (unpaired) electrons. The van der Waals surface area contributed by atoms with Crippen molar-refractivity contribution in [1.29, 1.82) is 0 Å². The fraction of sp³-hybridized carbons (Fsp3) is 0.800. The van der Waals surface area contributed by atoms with Crippen LogP contribution in [0, 0.1) is 0 Å². The molecule has 1 unspecified atom stereocenters. The summed E-state index contributed by atoms with van der Waals surface area (Å²) in [5, 5.41) is 8.61. The number of aromatic nitrogens is 2. The lowest BCUT2D eigenvalue weighted by molar-refractivity contribution is -0.0924. The first-order chi connectivity index (χ1) is 9.64. The summed E-state index contributed by atoms with van der Waals surface area (Å²) in [6.45, 7) is 5.82. The average Bonchev–Trinajstić information content (AvgIpc) is 2.77. The highest BCUT2D eigenvalue weighted by atomic mass is 35.5. The van der Waals surface area contributed by atoms with E-state index in [0.717, 1.165) is 36.7 Å². The molecule has 0 amide bonds. The second-order valence-electron chi connectivity index (χ2n) is 5.55. The van der Waals surface area contributed by atoms with Crippen molar-refractivity contribution < 1.29 is 4.74 Å². The van der Waals surface area contributed by atoms with Crippen LogP contribution in [0.3, 0.4) is 0 Å². The van der Waals surface area contributed by atoms with E-state index >= 15 is 0 Å². The molecule has 1 aliphatic carbocycles. The lowest BCUT2D eigenvalue weighted by Crippen LogP contribution is -2.48. The summed E-state index contributed by atoms with van der Waals surface area (Å²) in [6, 6.07) is 0.104. The minimum atomic E-state index is -0.152. The van der Waals surface area contributed by atoms with E-state index in [4.69, 9.17) is 16.3 Å². The minimum absolute atomic E-state index is 0.104. The zero-order chi connectivity index (χ0) is 14.6. The van der Waals surface area contributed by atoms with E-state index in [2.05, 4.69) is 24.3 Å². The topological polar surface area (TPSA) is 39.1 Å². The minimum Gasteiger partial charge on any atom is -0.373 e. The molecule has 1 fully saturated rings. The maximum Gasteiger partial charge on any atom is 0.0891 e. The van der Waals surface area contributed by atoms with Crippen molar-refractivity contribution in [2.75, 3.05) is 13.2 Å². The zero-order valence-corrected chi connectivity index (χ0v) is 13.5. The molecule has 1 atom stereocenters. The van der Waals surface area contributed by atoms with Gasteiger partial charge in [-0.2, -0.15) is 5.10 Å². The largest absolute Gasteiger partial charge is 0.373 e. The molecule has 4 nitrogen and oxygen atoms in total. The Bertz CT molecular complexity index is 402. The molecule has 2 rings (SSSR count). The van der Waals surface area contributed by atoms with Crippen molar-refractivity contribution in [1.82, 2.24) is 15.1 Å². The van der Waals surface area contributed by atoms with Crippen LogP contribution in [0.4, 0.5) is 0 Å². The van der Waals surface area contributed by atoms with Gasteiger partial charge in [-0.15, -0.1) is 0 Å². The molecule has 5 heteroatoms. The molecule has 0 spiro atoms. The van der Waals surface area contributed by atoms with Crippen LogP contribution in [0.15, 0.2) is 6.20 Å². The third kappa shape index (κ3) is 3.02. The smallest absolute Gasteiger partial charge is 0.0891 e. The first-order valence-electron chi connectivity index (χ1n) is 7.69. The van der Waals surface area contributed by atoms with Crippen LogP contribution >= 0.6 is 11.6 Å². The third-order valence-electron chi connectivity index (χ3n) is 4.28. The summed E-state index contributed by atoms with van der Waals surface area (Å²) in [5.74, 6) is 0. The van der Waals surface area contributed by atoms with Crippen LogP contribution in [-0.4, -0.2) is 28.5 Å². The quantitative estimate of drug-likeness (QED) is 0.874. The van der Waals surface area contributed by atoms with Gasteiger partial charge in [-0.05, 0) is 26.3 Å². The molecule has 114 valence electrons. The summed E-state index contributed by atoms with van der Waals surface area (Å²) >= 11 is 6.38. The Morgan fingerprint density at radius 3 is 2.60 bits per heavy atom. The second-order valence-corrected chi connectivity index (χ2v) is 5.96. The van der Waals surface area contributed by atoms with Gasteiger partial charge in [0, 0.05) is 13.7 Å². The standard InChI is InChI=1S/C15H26ClN3O/c1-4-17-14(13-12(16)11-18-19(13)3)15(20-5-2)9-7-6-8-10-15/h11,14,17H,4-10H2,1-3H3. The molecular weight excluding hydrogens is 274 g/mol. The number of rotatable bonds is 6.